The van der Waals surface area contributed by atoms with Gasteiger partial charge in [-0.15, -0.1) is 0 Å². The van der Waals surface area contributed by atoms with Gasteiger partial charge in [0.2, 0.25) is 0 Å². The normalized spacial score (nSPS) is 13.2. The molecule has 1 aliphatic heterocycles. The standard InChI is InChI=1S/C17H19FN2S/c1-19(2)10-5-11-20-14-6-3-4-7-16(14)21-17-9-8-13(18)12-15(17)20/h3-4,6-9,12H,5,10-11H2,1-2H3. The first-order valence-electron chi connectivity index (χ1n) is 7.14. The second-order valence-corrected chi connectivity index (χ2v) is 6.57. The first-order chi connectivity index (χ1) is 10.1. The van der Waals surface area contributed by atoms with Gasteiger partial charge in [0.25, 0.3) is 0 Å². The molecule has 21 heavy (non-hydrogen) atoms. The molecule has 2 aromatic rings. The summed E-state index contributed by atoms with van der Waals surface area (Å²) < 4.78 is 13.7. The maximum atomic E-state index is 13.7. The van der Waals surface area contributed by atoms with Crippen LogP contribution in [0.25, 0.3) is 0 Å². The number of hydrogen-bond acceptors (Lipinski definition) is 3. The molecule has 0 fully saturated rings. The molecule has 0 bridgehead atoms. The molecule has 3 rings (SSSR count). The zero-order valence-corrected chi connectivity index (χ0v) is 13.2. The van der Waals surface area contributed by atoms with Gasteiger partial charge < -0.3 is 9.80 Å². The van der Waals surface area contributed by atoms with E-state index in [0.717, 1.165) is 30.1 Å². The van der Waals surface area contributed by atoms with Crippen LogP contribution in [0.5, 0.6) is 0 Å². The molecule has 0 aromatic heterocycles. The van der Waals surface area contributed by atoms with Gasteiger partial charge >= 0.3 is 0 Å². The average molecular weight is 302 g/mol. The van der Waals surface area contributed by atoms with Gasteiger partial charge in [-0.3, -0.25) is 0 Å². The maximum Gasteiger partial charge on any atom is 0.125 e. The Bertz CT molecular complexity index is 642. The largest absolute Gasteiger partial charge is 0.340 e. The second kappa shape index (κ2) is 6.08. The van der Waals surface area contributed by atoms with Crippen molar-refractivity contribution in [3.05, 3.63) is 48.3 Å². The van der Waals surface area contributed by atoms with Gasteiger partial charge in [0.15, 0.2) is 0 Å². The van der Waals surface area contributed by atoms with Crippen LogP contribution < -0.4 is 4.90 Å². The van der Waals surface area contributed by atoms with E-state index in [1.165, 1.54) is 16.6 Å². The average Bonchev–Trinajstić information content (AvgIpc) is 2.46. The van der Waals surface area contributed by atoms with E-state index in [9.17, 15) is 4.39 Å². The smallest absolute Gasteiger partial charge is 0.125 e. The fourth-order valence-electron chi connectivity index (χ4n) is 2.59. The molecule has 1 aliphatic rings. The lowest BCUT2D eigenvalue weighted by atomic mass is 10.2. The highest BCUT2D eigenvalue weighted by atomic mass is 32.2. The number of fused-ring (bicyclic) bond motifs is 2. The molecule has 4 heteroatoms. The summed E-state index contributed by atoms with van der Waals surface area (Å²) in [7, 11) is 4.15. The van der Waals surface area contributed by atoms with Crippen molar-refractivity contribution in [2.45, 2.75) is 16.2 Å². The second-order valence-electron chi connectivity index (χ2n) is 5.49. The Balaban J connectivity index is 1.94. The monoisotopic (exact) mass is 302 g/mol. The quantitative estimate of drug-likeness (QED) is 0.827. The molecule has 2 nitrogen and oxygen atoms in total. The van der Waals surface area contributed by atoms with E-state index < -0.39 is 0 Å². The predicted octanol–water partition coefficient (Wildman–Crippen LogP) is 4.38. The van der Waals surface area contributed by atoms with Gasteiger partial charge in [-0.05, 0) is 57.4 Å². The third-order valence-electron chi connectivity index (χ3n) is 3.57. The van der Waals surface area contributed by atoms with Crippen LogP contribution in [-0.4, -0.2) is 32.1 Å². The van der Waals surface area contributed by atoms with Crippen molar-refractivity contribution in [1.82, 2.24) is 4.90 Å². The lowest BCUT2D eigenvalue weighted by molar-refractivity contribution is 0.402. The minimum atomic E-state index is -0.175. The number of hydrogen-bond donors (Lipinski definition) is 0. The fraction of sp³-hybridized carbons (Fsp3) is 0.294. The molecule has 0 saturated heterocycles. The zero-order chi connectivity index (χ0) is 14.8. The van der Waals surface area contributed by atoms with Crippen molar-refractivity contribution in [3.63, 3.8) is 0 Å². The van der Waals surface area contributed by atoms with Crippen LogP contribution in [0.1, 0.15) is 6.42 Å². The lowest BCUT2D eigenvalue weighted by Crippen LogP contribution is -2.25. The van der Waals surface area contributed by atoms with E-state index in [4.69, 9.17) is 0 Å². The van der Waals surface area contributed by atoms with Crippen molar-refractivity contribution in [3.8, 4) is 0 Å². The van der Waals surface area contributed by atoms with Crippen LogP contribution in [-0.2, 0) is 0 Å². The van der Waals surface area contributed by atoms with Crippen LogP contribution in [0.2, 0.25) is 0 Å². The Kier molecular flexibility index (Phi) is 4.17. The third kappa shape index (κ3) is 3.06. The first kappa shape index (κ1) is 14.4. The molecule has 0 radical (unpaired) electrons. The molecule has 0 unspecified atom stereocenters. The Labute approximate surface area is 129 Å². The van der Waals surface area contributed by atoms with Crippen LogP contribution in [0.4, 0.5) is 15.8 Å². The molecule has 0 N–H and O–H groups in total. The summed E-state index contributed by atoms with van der Waals surface area (Å²) in [5.74, 6) is -0.175. The van der Waals surface area contributed by atoms with Gasteiger partial charge in [-0.2, -0.15) is 0 Å². The predicted molar refractivity (Wildman–Crippen MR) is 87.1 cm³/mol. The van der Waals surface area contributed by atoms with E-state index >= 15 is 0 Å². The van der Waals surface area contributed by atoms with Crippen molar-refractivity contribution < 1.29 is 4.39 Å². The van der Waals surface area contributed by atoms with Crippen LogP contribution in [0.15, 0.2) is 52.3 Å². The minimum Gasteiger partial charge on any atom is -0.340 e. The molecule has 0 amide bonds. The highest BCUT2D eigenvalue weighted by Gasteiger charge is 2.23. The SMILES string of the molecule is CN(C)CCCN1c2ccccc2Sc2ccc(F)cc21. The van der Waals surface area contributed by atoms with E-state index in [1.54, 1.807) is 17.8 Å². The van der Waals surface area contributed by atoms with E-state index in [1.807, 2.05) is 12.1 Å². The third-order valence-corrected chi connectivity index (χ3v) is 4.71. The number of halogens is 1. The minimum absolute atomic E-state index is 0.175. The summed E-state index contributed by atoms with van der Waals surface area (Å²) in [6, 6.07) is 13.4. The number of benzene rings is 2. The molecule has 0 saturated carbocycles. The highest BCUT2D eigenvalue weighted by molar-refractivity contribution is 7.99. The molecule has 0 atom stereocenters. The number of rotatable bonds is 4. The van der Waals surface area contributed by atoms with Crippen molar-refractivity contribution in [2.24, 2.45) is 0 Å². The van der Waals surface area contributed by atoms with Crippen LogP contribution >= 0.6 is 11.8 Å². The molecule has 0 spiro atoms. The Hall–Kier alpha value is -1.52. The molecule has 0 aliphatic carbocycles. The van der Waals surface area contributed by atoms with Gasteiger partial charge in [0.05, 0.1) is 11.4 Å². The van der Waals surface area contributed by atoms with Crippen LogP contribution in [0, 0.1) is 5.82 Å². The van der Waals surface area contributed by atoms with Gasteiger partial charge in [-0.1, -0.05) is 23.9 Å². The van der Waals surface area contributed by atoms with Crippen molar-refractivity contribution in [2.75, 3.05) is 32.1 Å². The van der Waals surface area contributed by atoms with E-state index in [0.29, 0.717) is 0 Å². The molecule has 110 valence electrons. The van der Waals surface area contributed by atoms with Gasteiger partial charge in [0.1, 0.15) is 5.82 Å². The van der Waals surface area contributed by atoms with E-state index in [2.05, 4.69) is 42.1 Å². The Morgan fingerprint density at radius 1 is 1.05 bits per heavy atom. The fourth-order valence-corrected chi connectivity index (χ4v) is 3.66. The summed E-state index contributed by atoms with van der Waals surface area (Å²) in [4.78, 5) is 6.78. The number of anilines is 2. The number of para-hydroxylation sites is 1. The Morgan fingerprint density at radius 3 is 2.62 bits per heavy atom. The summed E-state index contributed by atoms with van der Waals surface area (Å²) in [5.41, 5.74) is 2.16. The summed E-state index contributed by atoms with van der Waals surface area (Å²) in [6.45, 7) is 1.92. The summed E-state index contributed by atoms with van der Waals surface area (Å²) in [6.07, 6.45) is 1.04. The van der Waals surface area contributed by atoms with Crippen LogP contribution in [0.3, 0.4) is 0 Å². The van der Waals surface area contributed by atoms with Gasteiger partial charge in [0, 0.05) is 16.3 Å². The summed E-state index contributed by atoms with van der Waals surface area (Å²) >= 11 is 1.72. The summed E-state index contributed by atoms with van der Waals surface area (Å²) in [5, 5.41) is 0. The molecule has 2 aromatic carbocycles. The van der Waals surface area contributed by atoms with Crippen molar-refractivity contribution in [1.29, 1.82) is 0 Å². The maximum absolute atomic E-state index is 13.7. The molecule has 1 heterocycles. The first-order valence-corrected chi connectivity index (χ1v) is 7.95. The number of nitrogens with zero attached hydrogens (tertiary/aromatic N) is 2. The van der Waals surface area contributed by atoms with Crippen molar-refractivity contribution >= 4 is 23.1 Å². The lowest BCUT2D eigenvalue weighted by Gasteiger charge is -2.33. The zero-order valence-electron chi connectivity index (χ0n) is 12.3. The molecular weight excluding hydrogens is 283 g/mol. The highest BCUT2D eigenvalue weighted by Crippen LogP contribution is 2.48. The van der Waals surface area contributed by atoms with E-state index in [-0.39, 0.29) is 5.82 Å². The molecular formula is C17H19FN2S. The Morgan fingerprint density at radius 2 is 1.81 bits per heavy atom. The van der Waals surface area contributed by atoms with Gasteiger partial charge in [-0.25, -0.2) is 4.39 Å². The topological polar surface area (TPSA) is 6.48 Å².